The monoisotopic (exact) mass is 535 g/mol. The molecule has 3 aliphatic rings. The number of Topliss-reactive ketones (excluding diaryl/α,β-unsaturated/α-hetero) is 2. The van der Waals surface area contributed by atoms with Gasteiger partial charge in [-0.2, -0.15) is 0 Å². The number of aliphatic hydroxyl groups is 4. The minimum absolute atomic E-state index is 0.114. The first-order valence-electron chi connectivity index (χ1n) is 11.3. The highest BCUT2D eigenvalue weighted by atomic mass is 35.5. The van der Waals surface area contributed by atoms with Crippen molar-refractivity contribution in [2.24, 2.45) is 17.6 Å². The third-order valence-corrected chi connectivity index (χ3v) is 7.77. The molecule has 0 radical (unpaired) electrons. The number of nitrogens with two attached hydrogens (primary N) is 1. The molecule has 1 aromatic carbocycles. The first-order valence-corrected chi connectivity index (χ1v) is 11.8. The highest BCUT2D eigenvalue weighted by molar-refractivity contribution is 6.29. The summed E-state index contributed by atoms with van der Waals surface area (Å²) in [6.45, 7) is 1.60. The third-order valence-electron chi connectivity index (χ3n) is 7.52. The van der Waals surface area contributed by atoms with Crippen LogP contribution < -0.4 is 11.1 Å². The van der Waals surface area contributed by atoms with E-state index in [4.69, 9.17) is 17.3 Å². The maximum absolute atomic E-state index is 13.9. The standard InChI is InChI=1S/C24H26ClN3O9/c1-7-8-4-5-9(27-10(29)6-25)17(30)12(8)18(31)13-11(7)19(32)15-16(28(2)3)20(33)14(23(26)36)22(35)24(15,37)21(13)34/h4-5,7,11,15-16,19,30-32,35,37H,6H2,1-3H3,(H2,26,36)(H,27,29)/t7?,11?,15?,16-,19?,24-/m0/s1. The number of halogens is 1. The Morgan fingerprint density at radius 3 is 2.35 bits per heavy atom. The number of fused-ring (bicyclic) bond motifs is 3. The van der Waals surface area contributed by atoms with Gasteiger partial charge in [-0.05, 0) is 31.6 Å². The van der Waals surface area contributed by atoms with E-state index in [-0.39, 0.29) is 11.3 Å². The van der Waals surface area contributed by atoms with Gasteiger partial charge < -0.3 is 36.6 Å². The summed E-state index contributed by atoms with van der Waals surface area (Å²) in [4.78, 5) is 52.1. The number of hydrogen-bond donors (Lipinski definition) is 7. The number of phenolic OH excluding ortho intramolecular Hbond substituents is 1. The van der Waals surface area contributed by atoms with E-state index in [2.05, 4.69) is 5.32 Å². The summed E-state index contributed by atoms with van der Waals surface area (Å²) in [5.41, 5.74) is 0.738. The predicted molar refractivity (Wildman–Crippen MR) is 130 cm³/mol. The lowest BCUT2D eigenvalue weighted by molar-refractivity contribution is -0.169. The second-order valence-corrected chi connectivity index (χ2v) is 9.92. The van der Waals surface area contributed by atoms with Gasteiger partial charge in [-0.15, -0.1) is 11.6 Å². The third kappa shape index (κ3) is 3.47. The lowest BCUT2D eigenvalue weighted by Gasteiger charge is -2.53. The number of ketones is 2. The number of aliphatic hydroxyl groups excluding tert-OH is 3. The molecule has 0 heterocycles. The van der Waals surface area contributed by atoms with Crippen LogP contribution in [0.25, 0.3) is 5.76 Å². The van der Waals surface area contributed by atoms with Crippen LogP contribution in [-0.2, 0) is 19.2 Å². The maximum atomic E-state index is 13.9. The number of carbonyl (C=O) groups excluding carboxylic acids is 4. The average molecular weight is 536 g/mol. The molecule has 12 nitrogen and oxygen atoms in total. The maximum Gasteiger partial charge on any atom is 0.255 e. The topological polar surface area (TPSA) is 211 Å². The van der Waals surface area contributed by atoms with E-state index in [0.29, 0.717) is 5.56 Å². The Morgan fingerprint density at radius 1 is 1.19 bits per heavy atom. The number of hydrogen-bond acceptors (Lipinski definition) is 10. The van der Waals surface area contributed by atoms with Gasteiger partial charge >= 0.3 is 0 Å². The summed E-state index contributed by atoms with van der Waals surface area (Å²) in [6, 6.07) is 1.41. The fourth-order valence-electron chi connectivity index (χ4n) is 5.90. The quantitative estimate of drug-likeness (QED) is 0.151. The summed E-state index contributed by atoms with van der Waals surface area (Å²) in [5, 5.41) is 58.5. The molecule has 1 saturated carbocycles. The first kappa shape index (κ1) is 26.6. The van der Waals surface area contributed by atoms with Crippen LogP contribution in [-0.4, -0.2) is 91.5 Å². The van der Waals surface area contributed by atoms with E-state index in [1.165, 1.54) is 31.1 Å². The zero-order valence-electron chi connectivity index (χ0n) is 20.0. The van der Waals surface area contributed by atoms with Crippen LogP contribution in [0.5, 0.6) is 5.75 Å². The van der Waals surface area contributed by atoms with Crippen LogP contribution in [0.2, 0.25) is 0 Å². The molecule has 0 saturated heterocycles. The lowest BCUT2D eigenvalue weighted by Crippen LogP contribution is -2.70. The largest absolute Gasteiger partial charge is 0.508 e. The Morgan fingerprint density at radius 2 is 1.81 bits per heavy atom. The number of anilines is 1. The van der Waals surface area contributed by atoms with Crippen molar-refractivity contribution >= 4 is 46.4 Å². The molecular weight excluding hydrogens is 510 g/mol. The molecule has 4 rings (SSSR count). The van der Waals surface area contributed by atoms with Crippen LogP contribution in [0.1, 0.15) is 24.0 Å². The van der Waals surface area contributed by atoms with Crippen LogP contribution in [0, 0.1) is 11.8 Å². The summed E-state index contributed by atoms with van der Waals surface area (Å²) in [5.74, 6) is -11.0. The molecule has 0 spiro atoms. The van der Waals surface area contributed by atoms with Gasteiger partial charge in [-0.1, -0.05) is 13.0 Å². The number of phenols is 1. The van der Waals surface area contributed by atoms with Crippen molar-refractivity contribution in [3.63, 3.8) is 0 Å². The van der Waals surface area contributed by atoms with Crippen LogP contribution in [0.15, 0.2) is 29.0 Å². The van der Waals surface area contributed by atoms with Crippen molar-refractivity contribution in [2.75, 3.05) is 25.3 Å². The Bertz CT molecular complexity index is 1320. The smallest absolute Gasteiger partial charge is 0.255 e. The fourth-order valence-corrected chi connectivity index (χ4v) is 5.97. The zero-order valence-corrected chi connectivity index (χ0v) is 20.8. The molecule has 3 aliphatic carbocycles. The van der Waals surface area contributed by atoms with Crippen molar-refractivity contribution in [2.45, 2.75) is 30.6 Å². The number of carbonyl (C=O) groups is 4. The van der Waals surface area contributed by atoms with Crippen molar-refractivity contribution in [3.05, 3.63) is 40.2 Å². The van der Waals surface area contributed by atoms with E-state index < -0.39 is 93.2 Å². The van der Waals surface area contributed by atoms with Crippen molar-refractivity contribution < 1.29 is 44.7 Å². The SMILES string of the molecule is CC1c2ccc(NC(=O)CCl)c(O)c2C(O)=C2C(=O)[C@]3(O)C(O)=C(C(N)=O)C(=O)[C@@H](N(C)C)C3C(O)C21. The van der Waals surface area contributed by atoms with Crippen molar-refractivity contribution in [3.8, 4) is 5.75 Å². The summed E-state index contributed by atoms with van der Waals surface area (Å²) in [7, 11) is 2.86. The van der Waals surface area contributed by atoms with Crippen LogP contribution in [0.3, 0.4) is 0 Å². The van der Waals surface area contributed by atoms with Crippen LogP contribution >= 0.6 is 11.6 Å². The molecule has 0 aliphatic heterocycles. The lowest BCUT2D eigenvalue weighted by atomic mass is 9.54. The van der Waals surface area contributed by atoms with Gasteiger partial charge in [-0.3, -0.25) is 24.1 Å². The number of rotatable bonds is 4. The van der Waals surface area contributed by atoms with Gasteiger partial charge in [0.25, 0.3) is 5.91 Å². The highest BCUT2D eigenvalue weighted by Gasteiger charge is 2.68. The first-order chi connectivity index (χ1) is 17.2. The Labute approximate surface area is 215 Å². The number of nitrogens with zero attached hydrogens (tertiary/aromatic N) is 1. The second kappa shape index (κ2) is 8.84. The highest BCUT2D eigenvalue weighted by Crippen LogP contribution is 2.56. The number of likely N-dealkylation sites (N-methyl/N-ethyl adjacent to an activating group) is 1. The molecule has 37 heavy (non-hydrogen) atoms. The number of nitrogens with one attached hydrogen (secondary N) is 1. The van der Waals surface area contributed by atoms with Gasteiger partial charge in [0.05, 0.1) is 29.3 Å². The predicted octanol–water partition coefficient (Wildman–Crippen LogP) is -0.327. The molecule has 1 fully saturated rings. The number of benzene rings is 1. The van der Waals surface area contributed by atoms with Gasteiger partial charge in [0.15, 0.2) is 11.4 Å². The number of alkyl halides is 1. The number of amides is 2. The zero-order chi connectivity index (χ0) is 27.7. The van der Waals surface area contributed by atoms with E-state index in [1.807, 2.05) is 0 Å². The van der Waals surface area contributed by atoms with E-state index in [1.54, 1.807) is 6.92 Å². The summed E-state index contributed by atoms with van der Waals surface area (Å²) < 4.78 is 0. The Hall–Kier alpha value is -3.45. The molecule has 6 atom stereocenters. The van der Waals surface area contributed by atoms with Crippen molar-refractivity contribution in [1.29, 1.82) is 0 Å². The molecule has 0 aromatic heterocycles. The molecule has 13 heteroatoms. The molecule has 198 valence electrons. The number of aromatic hydroxyl groups is 1. The number of primary amides is 1. The van der Waals surface area contributed by atoms with Gasteiger partial charge in [-0.25, -0.2) is 0 Å². The van der Waals surface area contributed by atoms with E-state index in [0.717, 1.165) is 0 Å². The summed E-state index contributed by atoms with van der Waals surface area (Å²) in [6.07, 6.45) is -1.69. The molecule has 8 N–H and O–H groups in total. The fraction of sp³-hybridized carbons (Fsp3) is 0.417. The minimum atomic E-state index is -3.00. The van der Waals surface area contributed by atoms with Gasteiger partial charge in [0.2, 0.25) is 11.7 Å². The van der Waals surface area contributed by atoms with E-state index >= 15 is 0 Å². The molecule has 2 amide bonds. The van der Waals surface area contributed by atoms with Crippen LogP contribution in [0.4, 0.5) is 5.69 Å². The van der Waals surface area contributed by atoms with Crippen molar-refractivity contribution in [1.82, 2.24) is 4.90 Å². The Balaban J connectivity index is 2.01. The molecule has 1 aromatic rings. The normalized spacial score (nSPS) is 31.2. The van der Waals surface area contributed by atoms with E-state index in [9.17, 15) is 44.7 Å². The summed E-state index contributed by atoms with van der Waals surface area (Å²) >= 11 is 5.51. The minimum Gasteiger partial charge on any atom is -0.508 e. The Kier molecular flexibility index (Phi) is 6.36. The van der Waals surface area contributed by atoms with Gasteiger partial charge in [0.1, 0.15) is 28.7 Å². The van der Waals surface area contributed by atoms with Gasteiger partial charge in [0, 0.05) is 11.5 Å². The molecular formula is C24H26ClN3O9. The average Bonchev–Trinajstić information content (AvgIpc) is 2.82. The molecule has 0 bridgehead atoms. The molecule has 4 unspecified atom stereocenters. The second-order valence-electron chi connectivity index (χ2n) is 9.66.